The number of nitrogens with zero attached hydrogens (tertiary/aromatic N) is 2. The highest BCUT2D eigenvalue weighted by atomic mass is 14.7. The second-order valence-corrected chi connectivity index (χ2v) is 9.50. The molecule has 0 atom stereocenters. The number of nitriles is 1. The monoisotopic (exact) mass is 486 g/mol. The highest BCUT2D eigenvalue weighted by Gasteiger charge is 2.16. The number of hydrogen-bond donors (Lipinski definition) is 0. The zero-order valence-electron chi connectivity index (χ0n) is 21.2. The SMILES string of the molecule is CC(=NCc1ccccc1)c1ccc(-c2c3ccccc3c(-c3cccc(C#N)c3)c3ccccc23)cc1. The van der Waals surface area contributed by atoms with Crippen molar-refractivity contribution in [1.82, 2.24) is 0 Å². The van der Waals surface area contributed by atoms with Gasteiger partial charge in [-0.15, -0.1) is 0 Å². The van der Waals surface area contributed by atoms with Crippen LogP contribution in [0.1, 0.15) is 23.6 Å². The Morgan fingerprint density at radius 1 is 0.605 bits per heavy atom. The molecule has 2 nitrogen and oxygen atoms in total. The van der Waals surface area contributed by atoms with Gasteiger partial charge in [-0.1, -0.05) is 115 Å². The molecule has 6 aromatic carbocycles. The van der Waals surface area contributed by atoms with E-state index in [0.29, 0.717) is 12.1 Å². The fraction of sp³-hybridized carbons (Fsp3) is 0.0556. The maximum absolute atomic E-state index is 9.52. The van der Waals surface area contributed by atoms with Crippen LogP contribution in [0, 0.1) is 11.3 Å². The van der Waals surface area contributed by atoms with Crippen molar-refractivity contribution in [1.29, 1.82) is 5.26 Å². The normalized spacial score (nSPS) is 11.5. The molecule has 0 aliphatic heterocycles. The summed E-state index contributed by atoms with van der Waals surface area (Å²) in [6.45, 7) is 2.76. The second kappa shape index (κ2) is 10.2. The van der Waals surface area contributed by atoms with Gasteiger partial charge in [0.15, 0.2) is 0 Å². The number of aliphatic imine (C=N–C) groups is 1. The molecule has 0 heterocycles. The summed E-state index contributed by atoms with van der Waals surface area (Å²) in [5, 5.41) is 14.3. The zero-order chi connectivity index (χ0) is 25.9. The highest BCUT2D eigenvalue weighted by molar-refractivity contribution is 6.21. The molecule has 2 heteroatoms. The minimum absolute atomic E-state index is 0.666. The predicted octanol–water partition coefficient (Wildman–Crippen LogP) is 9.21. The van der Waals surface area contributed by atoms with E-state index >= 15 is 0 Å². The standard InChI is InChI=1S/C36H26N2/c1-25(38-24-26-10-3-2-4-11-26)28-18-20-29(21-19-28)35-31-14-5-7-16-33(31)36(34-17-8-6-15-32(34)35)30-13-9-12-27(22-30)23-37/h2-22H,24H2,1H3. The van der Waals surface area contributed by atoms with Crippen LogP contribution in [0.5, 0.6) is 0 Å². The van der Waals surface area contributed by atoms with E-state index in [-0.39, 0.29) is 0 Å². The van der Waals surface area contributed by atoms with Gasteiger partial charge in [0.1, 0.15) is 0 Å². The van der Waals surface area contributed by atoms with Gasteiger partial charge in [-0.3, -0.25) is 4.99 Å². The van der Waals surface area contributed by atoms with Gasteiger partial charge >= 0.3 is 0 Å². The first-order valence-corrected chi connectivity index (χ1v) is 12.8. The molecule has 0 aromatic heterocycles. The van der Waals surface area contributed by atoms with Gasteiger partial charge < -0.3 is 0 Å². The Morgan fingerprint density at radius 3 is 1.74 bits per heavy atom. The Balaban J connectivity index is 1.49. The Bertz CT molecular complexity index is 1780. The lowest BCUT2D eigenvalue weighted by Crippen LogP contribution is -1.96. The zero-order valence-corrected chi connectivity index (χ0v) is 21.2. The van der Waals surface area contributed by atoms with Crippen LogP contribution in [0.3, 0.4) is 0 Å². The lowest BCUT2D eigenvalue weighted by atomic mass is 9.85. The lowest BCUT2D eigenvalue weighted by molar-refractivity contribution is 1.06. The van der Waals surface area contributed by atoms with Gasteiger partial charge in [0, 0.05) is 5.71 Å². The van der Waals surface area contributed by atoms with Crippen LogP contribution in [0.15, 0.2) is 132 Å². The Labute approximate surface area is 223 Å². The summed E-state index contributed by atoms with van der Waals surface area (Å²) >= 11 is 0. The van der Waals surface area contributed by atoms with Crippen molar-refractivity contribution in [2.24, 2.45) is 4.99 Å². The average molecular weight is 487 g/mol. The van der Waals surface area contributed by atoms with Crippen molar-refractivity contribution in [2.45, 2.75) is 13.5 Å². The van der Waals surface area contributed by atoms with Crippen molar-refractivity contribution in [2.75, 3.05) is 0 Å². The van der Waals surface area contributed by atoms with E-state index in [1.54, 1.807) is 0 Å². The molecule has 38 heavy (non-hydrogen) atoms. The van der Waals surface area contributed by atoms with E-state index in [2.05, 4.69) is 116 Å². The van der Waals surface area contributed by atoms with E-state index in [1.807, 2.05) is 24.3 Å². The second-order valence-electron chi connectivity index (χ2n) is 9.50. The first-order chi connectivity index (χ1) is 18.7. The van der Waals surface area contributed by atoms with Crippen molar-refractivity contribution < 1.29 is 0 Å². The highest BCUT2D eigenvalue weighted by Crippen LogP contribution is 2.43. The summed E-state index contributed by atoms with van der Waals surface area (Å²) in [6, 6.07) is 46.5. The fourth-order valence-electron chi connectivity index (χ4n) is 5.26. The van der Waals surface area contributed by atoms with E-state index < -0.39 is 0 Å². The average Bonchev–Trinajstić information content (AvgIpc) is 2.99. The smallest absolute Gasteiger partial charge is 0.0991 e. The first kappa shape index (κ1) is 23.4. The van der Waals surface area contributed by atoms with Crippen molar-refractivity contribution >= 4 is 27.3 Å². The molecule has 0 unspecified atom stereocenters. The third-order valence-electron chi connectivity index (χ3n) is 7.14. The third kappa shape index (κ3) is 4.36. The maximum atomic E-state index is 9.52. The molecule has 6 rings (SSSR count). The van der Waals surface area contributed by atoms with Crippen LogP contribution in [0.25, 0.3) is 43.8 Å². The Hall–Kier alpha value is -5.00. The van der Waals surface area contributed by atoms with Gasteiger partial charge in [0.05, 0.1) is 18.2 Å². The van der Waals surface area contributed by atoms with Crippen LogP contribution in [-0.2, 0) is 6.54 Å². The van der Waals surface area contributed by atoms with Crippen molar-refractivity contribution in [3.63, 3.8) is 0 Å². The molecular formula is C36H26N2. The van der Waals surface area contributed by atoms with Crippen LogP contribution in [-0.4, -0.2) is 5.71 Å². The molecule has 0 bridgehead atoms. The summed E-state index contributed by atoms with van der Waals surface area (Å²) < 4.78 is 0. The molecule has 0 fully saturated rings. The molecule has 180 valence electrons. The maximum Gasteiger partial charge on any atom is 0.0991 e. The Kier molecular flexibility index (Phi) is 6.26. The number of hydrogen-bond acceptors (Lipinski definition) is 2. The molecule has 0 amide bonds. The Morgan fingerprint density at radius 2 is 1.16 bits per heavy atom. The van der Waals surface area contributed by atoms with E-state index in [4.69, 9.17) is 4.99 Å². The molecule has 0 N–H and O–H groups in total. The predicted molar refractivity (Wildman–Crippen MR) is 159 cm³/mol. The van der Waals surface area contributed by atoms with Crippen molar-refractivity contribution in [3.8, 4) is 28.3 Å². The first-order valence-electron chi connectivity index (χ1n) is 12.8. The van der Waals surface area contributed by atoms with Gasteiger partial charge in [-0.05, 0) is 74.0 Å². The minimum Gasteiger partial charge on any atom is -0.285 e. The molecular weight excluding hydrogens is 460 g/mol. The largest absolute Gasteiger partial charge is 0.285 e. The number of benzene rings is 6. The van der Waals surface area contributed by atoms with Gasteiger partial charge in [0.2, 0.25) is 0 Å². The third-order valence-corrected chi connectivity index (χ3v) is 7.14. The molecule has 0 radical (unpaired) electrons. The van der Waals surface area contributed by atoms with Gasteiger partial charge in [0.25, 0.3) is 0 Å². The summed E-state index contributed by atoms with van der Waals surface area (Å²) in [5.74, 6) is 0. The minimum atomic E-state index is 0.666. The van der Waals surface area contributed by atoms with Crippen LogP contribution in [0.2, 0.25) is 0 Å². The molecule has 0 saturated heterocycles. The van der Waals surface area contributed by atoms with Gasteiger partial charge in [-0.2, -0.15) is 5.26 Å². The van der Waals surface area contributed by atoms with Crippen molar-refractivity contribution in [3.05, 3.63) is 144 Å². The van der Waals surface area contributed by atoms with Crippen LogP contribution in [0.4, 0.5) is 0 Å². The molecule has 0 spiro atoms. The van der Waals surface area contributed by atoms with E-state index in [1.165, 1.54) is 38.2 Å². The molecule has 0 aliphatic carbocycles. The number of fused-ring (bicyclic) bond motifs is 2. The topological polar surface area (TPSA) is 36.1 Å². The summed E-state index contributed by atoms with van der Waals surface area (Å²) in [5.41, 5.74) is 8.66. The molecule has 0 saturated carbocycles. The fourth-order valence-corrected chi connectivity index (χ4v) is 5.26. The molecule has 0 aliphatic rings. The van der Waals surface area contributed by atoms with Crippen LogP contribution >= 0.6 is 0 Å². The van der Waals surface area contributed by atoms with Crippen LogP contribution < -0.4 is 0 Å². The number of rotatable bonds is 5. The quantitative estimate of drug-likeness (QED) is 0.177. The summed E-state index contributed by atoms with van der Waals surface area (Å²) in [7, 11) is 0. The van der Waals surface area contributed by atoms with E-state index in [0.717, 1.165) is 22.4 Å². The summed E-state index contributed by atoms with van der Waals surface area (Å²) in [6.07, 6.45) is 0. The van der Waals surface area contributed by atoms with E-state index in [9.17, 15) is 5.26 Å². The summed E-state index contributed by atoms with van der Waals surface area (Å²) in [4.78, 5) is 4.82. The molecule has 6 aromatic rings. The van der Waals surface area contributed by atoms with Gasteiger partial charge in [-0.25, -0.2) is 0 Å². The lowest BCUT2D eigenvalue weighted by Gasteiger charge is -2.18.